The molecule has 1 aliphatic heterocycles. The van der Waals surface area contributed by atoms with Gasteiger partial charge < -0.3 is 13.9 Å². The number of carbonyl (C=O) groups excluding carboxylic acids is 1. The summed E-state index contributed by atoms with van der Waals surface area (Å²) in [6.07, 6.45) is 2.96. The van der Waals surface area contributed by atoms with E-state index in [-0.39, 0.29) is 18.0 Å². The number of aryl methyl sites for hydroxylation is 2. The second kappa shape index (κ2) is 7.00. The van der Waals surface area contributed by atoms with E-state index in [4.69, 9.17) is 13.9 Å². The largest absolute Gasteiger partial charge is 0.477 e. The molecule has 4 rings (SSSR count). The van der Waals surface area contributed by atoms with Crippen molar-refractivity contribution in [2.24, 2.45) is 0 Å². The van der Waals surface area contributed by atoms with Gasteiger partial charge in [-0.15, -0.1) is 0 Å². The van der Waals surface area contributed by atoms with Crippen LogP contribution in [-0.2, 0) is 22.5 Å². The number of carbonyl (C=O) groups is 1. The molecule has 2 aliphatic rings. The third kappa shape index (κ3) is 3.34. The molecule has 0 spiro atoms. The molecular weight excluding hydrogens is 346 g/mol. The molecule has 0 unspecified atom stereocenters. The molecular formula is C21H25NO5. The van der Waals surface area contributed by atoms with Gasteiger partial charge in [0.05, 0.1) is 6.61 Å². The Balaban J connectivity index is 1.73. The fourth-order valence-electron chi connectivity index (χ4n) is 3.89. The van der Waals surface area contributed by atoms with Crippen LogP contribution in [0.25, 0.3) is 11.0 Å². The van der Waals surface area contributed by atoms with Crippen LogP contribution >= 0.6 is 0 Å². The fraction of sp³-hybridized carbons (Fsp3) is 0.524. The van der Waals surface area contributed by atoms with E-state index in [1.54, 1.807) is 6.92 Å². The summed E-state index contributed by atoms with van der Waals surface area (Å²) < 4.78 is 16.6. The Labute approximate surface area is 158 Å². The quantitative estimate of drug-likeness (QED) is 0.594. The molecule has 27 heavy (non-hydrogen) atoms. The molecule has 2 heterocycles. The summed E-state index contributed by atoms with van der Waals surface area (Å²) >= 11 is 0. The zero-order valence-electron chi connectivity index (χ0n) is 16.1. The Morgan fingerprint density at radius 2 is 2.07 bits per heavy atom. The van der Waals surface area contributed by atoms with Crippen LogP contribution in [-0.4, -0.2) is 30.2 Å². The van der Waals surface area contributed by atoms with Crippen molar-refractivity contribution in [1.82, 2.24) is 4.90 Å². The molecule has 1 fully saturated rings. The summed E-state index contributed by atoms with van der Waals surface area (Å²) in [7, 11) is 0. The van der Waals surface area contributed by atoms with Gasteiger partial charge in [0.1, 0.15) is 18.1 Å². The molecule has 0 bridgehead atoms. The first kappa shape index (κ1) is 18.0. The second-order valence-corrected chi connectivity index (χ2v) is 7.42. The summed E-state index contributed by atoms with van der Waals surface area (Å²) in [5.41, 5.74) is 3.62. The highest BCUT2D eigenvalue weighted by molar-refractivity contribution is 5.87. The predicted molar refractivity (Wildman–Crippen MR) is 101 cm³/mol. The van der Waals surface area contributed by atoms with Crippen molar-refractivity contribution in [3.05, 3.63) is 38.7 Å². The highest BCUT2D eigenvalue weighted by atomic mass is 16.5. The van der Waals surface area contributed by atoms with Crippen molar-refractivity contribution in [2.75, 3.05) is 13.3 Å². The van der Waals surface area contributed by atoms with Gasteiger partial charge in [0.2, 0.25) is 0 Å². The number of hydrogen-bond donors (Lipinski definition) is 0. The summed E-state index contributed by atoms with van der Waals surface area (Å²) in [5.74, 6) is 0.535. The van der Waals surface area contributed by atoms with E-state index >= 15 is 0 Å². The van der Waals surface area contributed by atoms with Gasteiger partial charge in [-0.3, -0.25) is 9.69 Å². The van der Waals surface area contributed by atoms with Gasteiger partial charge in [-0.1, -0.05) is 0 Å². The van der Waals surface area contributed by atoms with Gasteiger partial charge in [-0.05, 0) is 51.7 Å². The van der Waals surface area contributed by atoms with Crippen LogP contribution in [0, 0.1) is 13.8 Å². The monoisotopic (exact) mass is 371 g/mol. The minimum absolute atomic E-state index is 0.174. The lowest BCUT2D eigenvalue weighted by atomic mass is 9.97. The number of nitrogens with zero attached hydrogens (tertiary/aromatic N) is 1. The molecule has 6 nitrogen and oxygen atoms in total. The number of esters is 1. The first-order valence-corrected chi connectivity index (χ1v) is 9.60. The Bertz CT molecular complexity index is 957. The van der Waals surface area contributed by atoms with Crippen molar-refractivity contribution in [3.8, 4) is 5.75 Å². The minimum Gasteiger partial charge on any atom is -0.477 e. The molecule has 1 aromatic carbocycles. The van der Waals surface area contributed by atoms with Crippen molar-refractivity contribution in [1.29, 1.82) is 0 Å². The normalized spacial score (nSPS) is 16.9. The number of benzene rings is 1. The average molecular weight is 371 g/mol. The van der Waals surface area contributed by atoms with Crippen molar-refractivity contribution < 1.29 is 18.7 Å². The van der Waals surface area contributed by atoms with Crippen LogP contribution < -0.4 is 10.4 Å². The number of ether oxygens (including phenoxy) is 2. The number of rotatable bonds is 5. The van der Waals surface area contributed by atoms with E-state index in [0.29, 0.717) is 36.9 Å². The van der Waals surface area contributed by atoms with E-state index < -0.39 is 0 Å². The zero-order chi connectivity index (χ0) is 19.1. The fourth-order valence-corrected chi connectivity index (χ4v) is 3.89. The van der Waals surface area contributed by atoms with E-state index in [2.05, 4.69) is 11.0 Å². The van der Waals surface area contributed by atoms with Gasteiger partial charge in [0, 0.05) is 41.1 Å². The second-order valence-electron chi connectivity index (χ2n) is 7.42. The molecule has 0 N–H and O–H groups in total. The van der Waals surface area contributed by atoms with Crippen molar-refractivity contribution in [2.45, 2.75) is 59.0 Å². The van der Waals surface area contributed by atoms with Crippen LogP contribution in [0.5, 0.6) is 5.75 Å². The molecule has 1 aliphatic carbocycles. The van der Waals surface area contributed by atoms with Gasteiger partial charge in [-0.25, -0.2) is 4.79 Å². The molecule has 1 aromatic heterocycles. The van der Waals surface area contributed by atoms with Crippen molar-refractivity contribution >= 4 is 16.9 Å². The molecule has 2 aromatic rings. The lowest BCUT2D eigenvalue weighted by Gasteiger charge is -2.30. The summed E-state index contributed by atoms with van der Waals surface area (Å²) in [4.78, 5) is 26.6. The lowest BCUT2D eigenvalue weighted by molar-refractivity contribution is -0.143. The molecule has 144 valence electrons. The SMILES string of the molecule is CCOC(=O)CCc1c(C)c2cc3c(c(C)c2oc1=O)OCN(C1CC1)C3. The third-order valence-corrected chi connectivity index (χ3v) is 5.53. The molecule has 0 radical (unpaired) electrons. The smallest absolute Gasteiger partial charge is 0.339 e. The predicted octanol–water partition coefficient (Wildman–Crippen LogP) is 3.22. The van der Waals surface area contributed by atoms with Gasteiger partial charge in [-0.2, -0.15) is 0 Å². The standard InChI is InChI=1S/C21H25NO5/c1-4-25-18(23)8-7-16-12(2)17-9-14-10-22(15-5-6-15)11-26-19(14)13(3)20(17)27-21(16)24/h9,15H,4-8,10-11H2,1-3H3. The molecule has 1 saturated carbocycles. The topological polar surface area (TPSA) is 69.0 Å². The highest BCUT2D eigenvalue weighted by Gasteiger charge is 2.33. The summed E-state index contributed by atoms with van der Waals surface area (Å²) in [5, 5.41) is 0.922. The Morgan fingerprint density at radius 1 is 1.30 bits per heavy atom. The van der Waals surface area contributed by atoms with Crippen LogP contribution in [0.2, 0.25) is 0 Å². The van der Waals surface area contributed by atoms with Crippen LogP contribution in [0.1, 0.15) is 48.4 Å². The molecule has 6 heteroatoms. The molecule has 0 atom stereocenters. The maximum Gasteiger partial charge on any atom is 0.339 e. The third-order valence-electron chi connectivity index (χ3n) is 5.53. The Kier molecular flexibility index (Phi) is 4.68. The van der Waals surface area contributed by atoms with Crippen LogP contribution in [0.3, 0.4) is 0 Å². The average Bonchev–Trinajstić information content (AvgIpc) is 3.48. The maximum atomic E-state index is 12.5. The lowest BCUT2D eigenvalue weighted by Crippen LogP contribution is -2.34. The first-order chi connectivity index (χ1) is 13.0. The van der Waals surface area contributed by atoms with E-state index in [1.807, 2.05) is 13.8 Å². The van der Waals surface area contributed by atoms with Gasteiger partial charge in [0.25, 0.3) is 0 Å². The number of fused-ring (bicyclic) bond motifs is 2. The Morgan fingerprint density at radius 3 is 2.78 bits per heavy atom. The van der Waals surface area contributed by atoms with Crippen LogP contribution in [0.15, 0.2) is 15.3 Å². The Hall–Kier alpha value is -2.34. The van der Waals surface area contributed by atoms with E-state index in [1.165, 1.54) is 12.8 Å². The van der Waals surface area contributed by atoms with Crippen LogP contribution in [0.4, 0.5) is 0 Å². The first-order valence-electron chi connectivity index (χ1n) is 9.60. The zero-order valence-corrected chi connectivity index (χ0v) is 16.1. The van der Waals surface area contributed by atoms with E-state index in [0.717, 1.165) is 34.4 Å². The van der Waals surface area contributed by atoms with E-state index in [9.17, 15) is 9.59 Å². The van der Waals surface area contributed by atoms with Crippen molar-refractivity contribution in [3.63, 3.8) is 0 Å². The molecule has 0 amide bonds. The minimum atomic E-state index is -0.386. The van der Waals surface area contributed by atoms with Gasteiger partial charge in [0.15, 0.2) is 0 Å². The summed E-state index contributed by atoms with van der Waals surface area (Å²) in [6.45, 7) is 7.42. The summed E-state index contributed by atoms with van der Waals surface area (Å²) in [6, 6.07) is 2.71. The van der Waals surface area contributed by atoms with Gasteiger partial charge >= 0.3 is 11.6 Å². The number of hydrogen-bond acceptors (Lipinski definition) is 6. The highest BCUT2D eigenvalue weighted by Crippen LogP contribution is 2.39. The maximum absolute atomic E-state index is 12.5. The molecule has 0 saturated heterocycles.